The van der Waals surface area contributed by atoms with E-state index in [-0.39, 0.29) is 0 Å². The fourth-order valence-corrected chi connectivity index (χ4v) is 2.06. The number of nitrogens with one attached hydrogen (secondary N) is 1. The highest BCUT2D eigenvalue weighted by atomic mass is 16.5. The van der Waals surface area contributed by atoms with Crippen LogP contribution in [-0.4, -0.2) is 29.4 Å². The minimum absolute atomic E-state index is 0.687. The molecule has 0 saturated heterocycles. The average molecular weight is 255 g/mol. The molecule has 0 spiro atoms. The van der Waals surface area contributed by atoms with Crippen LogP contribution in [-0.2, 0) is 0 Å². The van der Waals surface area contributed by atoms with E-state index in [4.69, 9.17) is 9.47 Å². The average Bonchev–Trinajstić information content (AvgIpc) is 2.90. The number of aromatic nitrogens is 3. The fourth-order valence-electron chi connectivity index (χ4n) is 2.06. The van der Waals surface area contributed by atoms with Crippen molar-refractivity contribution >= 4 is 11.0 Å². The van der Waals surface area contributed by atoms with Gasteiger partial charge in [0.2, 0.25) is 0 Å². The molecule has 3 rings (SSSR count). The van der Waals surface area contributed by atoms with Gasteiger partial charge in [-0.2, -0.15) is 5.10 Å². The Bertz CT molecular complexity index is 722. The summed E-state index contributed by atoms with van der Waals surface area (Å²) in [6, 6.07) is 9.62. The molecule has 0 fully saturated rings. The minimum atomic E-state index is 0.687. The van der Waals surface area contributed by atoms with Gasteiger partial charge in [-0.25, -0.2) is 4.98 Å². The Labute approximate surface area is 110 Å². The Kier molecular flexibility index (Phi) is 2.79. The normalized spacial score (nSPS) is 10.6. The molecule has 0 amide bonds. The molecule has 0 atom stereocenters. The molecule has 19 heavy (non-hydrogen) atoms. The number of hydrogen-bond donors (Lipinski definition) is 1. The topological polar surface area (TPSA) is 60.0 Å². The minimum Gasteiger partial charge on any atom is -0.493 e. The second-order valence-electron chi connectivity index (χ2n) is 4.04. The molecule has 1 N–H and O–H groups in total. The summed E-state index contributed by atoms with van der Waals surface area (Å²) >= 11 is 0. The zero-order valence-corrected chi connectivity index (χ0v) is 10.7. The van der Waals surface area contributed by atoms with Gasteiger partial charge in [0.05, 0.1) is 19.9 Å². The van der Waals surface area contributed by atoms with Crippen LogP contribution in [0.1, 0.15) is 0 Å². The van der Waals surface area contributed by atoms with E-state index in [1.807, 2.05) is 30.3 Å². The molecule has 96 valence electrons. The highest BCUT2D eigenvalue weighted by Gasteiger charge is 2.11. The smallest absolute Gasteiger partial charge is 0.181 e. The van der Waals surface area contributed by atoms with Crippen LogP contribution in [0.15, 0.2) is 36.5 Å². The molecule has 2 heterocycles. The van der Waals surface area contributed by atoms with Crippen molar-refractivity contribution in [3.8, 4) is 22.8 Å². The Morgan fingerprint density at radius 2 is 1.89 bits per heavy atom. The highest BCUT2D eigenvalue weighted by Crippen LogP contribution is 2.33. The Balaban J connectivity index is 2.16. The number of ether oxygens (including phenoxy) is 2. The lowest BCUT2D eigenvalue weighted by molar-refractivity contribution is 0.355. The van der Waals surface area contributed by atoms with Gasteiger partial charge < -0.3 is 9.47 Å². The standard InChI is InChI=1S/C14H13N3O2/c1-18-11-6-5-9(8-12(11)19-2)13-10-4-3-7-15-14(10)17-16-13/h3-8H,1-2H3,(H,15,16,17). The Hall–Kier alpha value is -2.56. The van der Waals surface area contributed by atoms with Crippen molar-refractivity contribution in [2.45, 2.75) is 0 Å². The number of methoxy groups -OCH3 is 2. The van der Waals surface area contributed by atoms with Crippen LogP contribution in [0.5, 0.6) is 11.5 Å². The van der Waals surface area contributed by atoms with E-state index in [1.54, 1.807) is 20.4 Å². The summed E-state index contributed by atoms with van der Waals surface area (Å²) in [5.41, 5.74) is 2.60. The number of aromatic amines is 1. The van der Waals surface area contributed by atoms with Crippen molar-refractivity contribution in [3.63, 3.8) is 0 Å². The van der Waals surface area contributed by atoms with Crippen LogP contribution < -0.4 is 9.47 Å². The second-order valence-corrected chi connectivity index (χ2v) is 4.04. The van der Waals surface area contributed by atoms with Gasteiger partial charge in [-0.05, 0) is 30.3 Å². The monoisotopic (exact) mass is 255 g/mol. The van der Waals surface area contributed by atoms with E-state index in [2.05, 4.69) is 15.2 Å². The van der Waals surface area contributed by atoms with E-state index in [9.17, 15) is 0 Å². The summed E-state index contributed by atoms with van der Waals surface area (Å²) in [6.45, 7) is 0. The predicted octanol–water partition coefficient (Wildman–Crippen LogP) is 2.64. The maximum atomic E-state index is 5.31. The predicted molar refractivity (Wildman–Crippen MR) is 72.4 cm³/mol. The summed E-state index contributed by atoms with van der Waals surface area (Å²) < 4.78 is 10.5. The zero-order chi connectivity index (χ0) is 13.2. The van der Waals surface area contributed by atoms with Gasteiger partial charge in [0.1, 0.15) is 0 Å². The molecule has 5 heteroatoms. The summed E-state index contributed by atoms with van der Waals surface area (Å²) in [6.07, 6.45) is 1.72. The van der Waals surface area contributed by atoms with Crippen molar-refractivity contribution in [3.05, 3.63) is 36.5 Å². The largest absolute Gasteiger partial charge is 0.493 e. The molecule has 0 aliphatic heterocycles. The summed E-state index contributed by atoms with van der Waals surface area (Å²) in [7, 11) is 3.24. The van der Waals surface area contributed by atoms with Crippen molar-refractivity contribution in [1.29, 1.82) is 0 Å². The fraction of sp³-hybridized carbons (Fsp3) is 0.143. The third-order valence-electron chi connectivity index (χ3n) is 3.00. The van der Waals surface area contributed by atoms with Crippen molar-refractivity contribution in [2.75, 3.05) is 14.2 Å². The molecular weight excluding hydrogens is 242 g/mol. The molecule has 3 aromatic rings. The third kappa shape index (κ3) is 1.89. The number of rotatable bonds is 3. The number of hydrogen-bond acceptors (Lipinski definition) is 4. The van der Waals surface area contributed by atoms with Crippen LogP contribution in [0.2, 0.25) is 0 Å². The highest BCUT2D eigenvalue weighted by molar-refractivity contribution is 5.90. The van der Waals surface area contributed by atoms with E-state index in [0.29, 0.717) is 17.1 Å². The maximum absolute atomic E-state index is 5.31. The molecule has 0 aliphatic carbocycles. The van der Waals surface area contributed by atoms with Gasteiger partial charge in [0, 0.05) is 17.1 Å². The van der Waals surface area contributed by atoms with E-state index in [0.717, 1.165) is 16.6 Å². The molecule has 2 aromatic heterocycles. The van der Waals surface area contributed by atoms with Crippen LogP contribution in [0, 0.1) is 0 Å². The quantitative estimate of drug-likeness (QED) is 0.781. The van der Waals surface area contributed by atoms with Crippen molar-refractivity contribution < 1.29 is 9.47 Å². The second kappa shape index (κ2) is 4.61. The van der Waals surface area contributed by atoms with Crippen LogP contribution in [0.25, 0.3) is 22.3 Å². The van der Waals surface area contributed by atoms with E-state index >= 15 is 0 Å². The first-order chi connectivity index (χ1) is 9.33. The van der Waals surface area contributed by atoms with Crippen LogP contribution >= 0.6 is 0 Å². The summed E-state index contributed by atoms with van der Waals surface area (Å²) in [5, 5.41) is 8.18. The third-order valence-corrected chi connectivity index (χ3v) is 3.00. The van der Waals surface area contributed by atoms with Gasteiger partial charge in [0.25, 0.3) is 0 Å². The molecule has 5 nitrogen and oxygen atoms in total. The van der Waals surface area contributed by atoms with Crippen molar-refractivity contribution in [2.24, 2.45) is 0 Å². The van der Waals surface area contributed by atoms with Gasteiger partial charge in [-0.15, -0.1) is 0 Å². The number of nitrogens with zero attached hydrogens (tertiary/aromatic N) is 2. The molecule has 0 bridgehead atoms. The lowest BCUT2D eigenvalue weighted by Gasteiger charge is -2.08. The van der Waals surface area contributed by atoms with Gasteiger partial charge >= 0.3 is 0 Å². The number of H-pyrrole nitrogens is 1. The van der Waals surface area contributed by atoms with Gasteiger partial charge in [-0.1, -0.05) is 0 Å². The Morgan fingerprint density at radius 1 is 1.05 bits per heavy atom. The lowest BCUT2D eigenvalue weighted by Crippen LogP contribution is -1.91. The SMILES string of the molecule is COc1ccc(-c2[nH]nc3ncccc23)cc1OC. The first-order valence-electron chi connectivity index (χ1n) is 5.85. The summed E-state index contributed by atoms with van der Waals surface area (Å²) in [4.78, 5) is 4.21. The molecule has 1 aromatic carbocycles. The number of fused-ring (bicyclic) bond motifs is 1. The molecular formula is C14H13N3O2. The number of benzene rings is 1. The van der Waals surface area contributed by atoms with Gasteiger partial charge in [-0.3, -0.25) is 5.10 Å². The molecule has 0 radical (unpaired) electrons. The van der Waals surface area contributed by atoms with E-state index < -0.39 is 0 Å². The first-order valence-corrected chi connectivity index (χ1v) is 5.85. The van der Waals surface area contributed by atoms with Crippen LogP contribution in [0.4, 0.5) is 0 Å². The van der Waals surface area contributed by atoms with Crippen molar-refractivity contribution in [1.82, 2.24) is 15.2 Å². The van der Waals surface area contributed by atoms with Gasteiger partial charge in [0.15, 0.2) is 17.1 Å². The maximum Gasteiger partial charge on any atom is 0.181 e. The number of pyridine rings is 1. The molecule has 0 unspecified atom stereocenters. The first kappa shape index (κ1) is 11.5. The lowest BCUT2D eigenvalue weighted by atomic mass is 10.1. The van der Waals surface area contributed by atoms with Crippen LogP contribution in [0.3, 0.4) is 0 Å². The molecule has 0 aliphatic rings. The molecule has 0 saturated carbocycles. The Morgan fingerprint density at radius 3 is 2.68 bits per heavy atom. The summed E-state index contributed by atoms with van der Waals surface area (Å²) in [5.74, 6) is 1.39. The zero-order valence-electron chi connectivity index (χ0n) is 10.7. The van der Waals surface area contributed by atoms with E-state index in [1.165, 1.54) is 0 Å².